The van der Waals surface area contributed by atoms with E-state index in [0.717, 1.165) is 6.07 Å². The smallest absolute Gasteiger partial charge is 0.321 e. The average Bonchev–Trinajstić information content (AvgIpc) is 3.12. The first-order valence-corrected chi connectivity index (χ1v) is 7.56. The van der Waals surface area contributed by atoms with Crippen LogP contribution in [0.1, 0.15) is 11.3 Å². The Hall–Kier alpha value is -3.36. The number of carbonyl (C=O) groups is 3. The topological polar surface area (TPSA) is 107 Å². The van der Waals surface area contributed by atoms with E-state index in [1.165, 1.54) is 25.5 Å². The van der Waals surface area contributed by atoms with Gasteiger partial charge in [0.15, 0.2) is 18.2 Å². The number of benzene rings is 1. The second-order valence-electron chi connectivity index (χ2n) is 5.12. The average molecular weight is 364 g/mol. The number of hydrogen-bond acceptors (Lipinski definition) is 6. The van der Waals surface area contributed by atoms with Gasteiger partial charge in [-0.1, -0.05) is 6.07 Å². The summed E-state index contributed by atoms with van der Waals surface area (Å²) in [6.45, 7) is -0.527. The van der Waals surface area contributed by atoms with Crippen molar-refractivity contribution < 1.29 is 32.7 Å². The van der Waals surface area contributed by atoms with Crippen LogP contribution in [0.2, 0.25) is 0 Å². The van der Waals surface area contributed by atoms with Gasteiger partial charge in [-0.15, -0.1) is 0 Å². The quantitative estimate of drug-likeness (QED) is 0.722. The molecule has 0 spiro atoms. The van der Waals surface area contributed by atoms with E-state index in [1.54, 1.807) is 12.1 Å². The fourth-order valence-corrected chi connectivity index (χ4v) is 1.97. The zero-order valence-electron chi connectivity index (χ0n) is 13.9. The van der Waals surface area contributed by atoms with Crippen LogP contribution in [0.4, 0.5) is 9.18 Å². The highest BCUT2D eigenvalue weighted by atomic mass is 19.1. The van der Waals surface area contributed by atoms with Crippen molar-refractivity contribution in [2.24, 2.45) is 0 Å². The molecule has 0 saturated heterocycles. The molecular formula is C17H17FN2O6. The second-order valence-corrected chi connectivity index (χ2v) is 5.12. The zero-order valence-corrected chi connectivity index (χ0v) is 13.9. The van der Waals surface area contributed by atoms with Crippen molar-refractivity contribution in [2.45, 2.75) is 13.0 Å². The summed E-state index contributed by atoms with van der Waals surface area (Å²) >= 11 is 0. The largest absolute Gasteiger partial charge is 0.494 e. The molecule has 1 heterocycles. The van der Waals surface area contributed by atoms with Crippen LogP contribution in [0, 0.1) is 5.82 Å². The predicted molar refractivity (Wildman–Crippen MR) is 86.7 cm³/mol. The Balaban J connectivity index is 1.70. The lowest BCUT2D eigenvalue weighted by molar-refractivity contribution is -0.147. The highest BCUT2D eigenvalue weighted by Crippen LogP contribution is 2.18. The van der Waals surface area contributed by atoms with Crippen molar-refractivity contribution in [3.8, 4) is 5.75 Å². The van der Waals surface area contributed by atoms with Crippen LogP contribution in [0.5, 0.6) is 5.75 Å². The van der Waals surface area contributed by atoms with E-state index in [-0.39, 0.29) is 18.7 Å². The molecule has 0 saturated carbocycles. The van der Waals surface area contributed by atoms with Crippen molar-refractivity contribution in [2.75, 3.05) is 13.7 Å². The van der Waals surface area contributed by atoms with Crippen LogP contribution in [-0.2, 0) is 27.3 Å². The Bertz CT molecular complexity index is 776. The van der Waals surface area contributed by atoms with Crippen molar-refractivity contribution in [3.63, 3.8) is 0 Å². The maximum Gasteiger partial charge on any atom is 0.321 e. The van der Waals surface area contributed by atoms with E-state index in [0.29, 0.717) is 11.3 Å². The van der Waals surface area contributed by atoms with Gasteiger partial charge in [-0.2, -0.15) is 0 Å². The molecule has 0 aliphatic heterocycles. The van der Waals surface area contributed by atoms with Crippen molar-refractivity contribution >= 4 is 17.9 Å². The number of hydrogen-bond donors (Lipinski definition) is 2. The monoisotopic (exact) mass is 364 g/mol. The second kappa shape index (κ2) is 9.21. The minimum absolute atomic E-state index is 0.0575. The summed E-state index contributed by atoms with van der Waals surface area (Å²) in [6, 6.07) is 6.60. The van der Waals surface area contributed by atoms with E-state index in [9.17, 15) is 18.8 Å². The molecular weight excluding hydrogens is 347 g/mol. The van der Waals surface area contributed by atoms with Crippen molar-refractivity contribution in [1.82, 2.24) is 10.6 Å². The Morgan fingerprint density at radius 2 is 2.04 bits per heavy atom. The summed E-state index contributed by atoms with van der Waals surface area (Å²) < 4.78 is 28.1. The van der Waals surface area contributed by atoms with Gasteiger partial charge >= 0.3 is 12.0 Å². The van der Waals surface area contributed by atoms with Gasteiger partial charge in [0.1, 0.15) is 5.76 Å². The molecule has 2 aromatic rings. The minimum Gasteiger partial charge on any atom is -0.494 e. The molecule has 0 aliphatic rings. The lowest BCUT2D eigenvalue weighted by atomic mass is 10.1. The normalized spacial score (nSPS) is 10.1. The molecule has 1 aromatic carbocycles. The first kappa shape index (κ1) is 19.0. The number of methoxy groups -OCH3 is 1. The standard InChI is InChI=1S/C17H17FN2O6/c1-24-14-5-4-11(7-13(14)18)8-16(22)26-10-15(21)20-17(23)19-9-12-3-2-6-25-12/h2-7H,8-10H2,1H3,(H2,19,20,21,23). The van der Waals surface area contributed by atoms with E-state index >= 15 is 0 Å². The molecule has 2 N–H and O–H groups in total. The third kappa shape index (κ3) is 5.93. The molecule has 138 valence electrons. The number of ether oxygens (including phenoxy) is 2. The summed E-state index contributed by atoms with van der Waals surface area (Å²) in [5.41, 5.74) is 0.366. The third-order valence-electron chi connectivity index (χ3n) is 3.19. The van der Waals surface area contributed by atoms with Crippen LogP contribution in [0.25, 0.3) is 0 Å². The van der Waals surface area contributed by atoms with Gasteiger partial charge in [-0.3, -0.25) is 14.9 Å². The number of imide groups is 1. The first-order valence-electron chi connectivity index (χ1n) is 7.56. The lowest BCUT2D eigenvalue weighted by Crippen LogP contribution is -2.41. The van der Waals surface area contributed by atoms with Crippen molar-refractivity contribution in [1.29, 1.82) is 0 Å². The summed E-state index contributed by atoms with van der Waals surface area (Å²) in [7, 11) is 1.33. The van der Waals surface area contributed by atoms with Gasteiger partial charge < -0.3 is 19.2 Å². The van der Waals surface area contributed by atoms with Crippen molar-refractivity contribution in [3.05, 3.63) is 53.7 Å². The molecule has 0 radical (unpaired) electrons. The molecule has 0 bridgehead atoms. The third-order valence-corrected chi connectivity index (χ3v) is 3.19. The molecule has 2 rings (SSSR count). The number of rotatable bonds is 7. The highest BCUT2D eigenvalue weighted by Gasteiger charge is 2.13. The summed E-state index contributed by atoms with van der Waals surface area (Å²) in [5, 5.41) is 4.40. The molecule has 0 fully saturated rings. The Morgan fingerprint density at radius 1 is 1.23 bits per heavy atom. The van der Waals surface area contributed by atoms with Gasteiger partial charge in [0.25, 0.3) is 5.91 Å². The first-order chi connectivity index (χ1) is 12.5. The summed E-state index contributed by atoms with van der Waals surface area (Å²) in [6.07, 6.45) is 1.23. The van der Waals surface area contributed by atoms with Gasteiger partial charge in [-0.25, -0.2) is 9.18 Å². The Kier molecular flexibility index (Phi) is 6.72. The van der Waals surface area contributed by atoms with Crippen LogP contribution in [0.15, 0.2) is 41.0 Å². The number of halogens is 1. The Labute approximate surface area is 148 Å². The van der Waals surface area contributed by atoms with Gasteiger partial charge in [0.05, 0.1) is 26.3 Å². The number of urea groups is 1. The van der Waals surface area contributed by atoms with E-state index in [2.05, 4.69) is 5.32 Å². The van der Waals surface area contributed by atoms with Crippen LogP contribution in [0.3, 0.4) is 0 Å². The van der Waals surface area contributed by atoms with Gasteiger partial charge in [-0.05, 0) is 29.8 Å². The van der Waals surface area contributed by atoms with Crippen LogP contribution >= 0.6 is 0 Å². The summed E-state index contributed by atoms with van der Waals surface area (Å²) in [5.74, 6) is -1.56. The lowest BCUT2D eigenvalue weighted by Gasteiger charge is -2.07. The molecule has 0 atom stereocenters. The van der Waals surface area contributed by atoms with E-state index in [1.807, 2.05) is 5.32 Å². The maximum absolute atomic E-state index is 13.5. The van der Waals surface area contributed by atoms with Crippen LogP contribution < -0.4 is 15.4 Å². The van der Waals surface area contributed by atoms with Gasteiger partial charge in [0.2, 0.25) is 0 Å². The fraction of sp³-hybridized carbons (Fsp3) is 0.235. The number of carbonyl (C=O) groups excluding carboxylic acids is 3. The fourth-order valence-electron chi connectivity index (χ4n) is 1.97. The van der Waals surface area contributed by atoms with E-state index < -0.39 is 30.3 Å². The number of esters is 1. The molecule has 3 amide bonds. The molecule has 0 aliphatic carbocycles. The number of nitrogens with one attached hydrogen (secondary N) is 2. The molecule has 9 heteroatoms. The molecule has 0 unspecified atom stereocenters. The molecule has 8 nitrogen and oxygen atoms in total. The summed E-state index contributed by atoms with van der Waals surface area (Å²) in [4.78, 5) is 34.7. The predicted octanol–water partition coefficient (Wildman–Crippen LogP) is 1.54. The zero-order chi connectivity index (χ0) is 18.9. The Morgan fingerprint density at radius 3 is 2.69 bits per heavy atom. The SMILES string of the molecule is COc1ccc(CC(=O)OCC(=O)NC(=O)NCc2ccco2)cc1F. The van der Waals surface area contributed by atoms with Gasteiger partial charge in [0, 0.05) is 0 Å². The van der Waals surface area contributed by atoms with Crippen LogP contribution in [-0.4, -0.2) is 31.6 Å². The van der Waals surface area contributed by atoms with E-state index in [4.69, 9.17) is 13.9 Å². The maximum atomic E-state index is 13.5. The molecule has 26 heavy (non-hydrogen) atoms. The number of furan rings is 1. The number of amides is 3. The minimum atomic E-state index is -0.795. The molecule has 1 aromatic heterocycles. The highest BCUT2D eigenvalue weighted by molar-refractivity contribution is 5.95.